The first-order valence-electron chi connectivity index (χ1n) is 6.35. The van der Waals surface area contributed by atoms with Crippen molar-refractivity contribution in [3.8, 4) is 0 Å². The Hall–Kier alpha value is -1.71. The zero-order valence-corrected chi connectivity index (χ0v) is 11.9. The van der Waals surface area contributed by atoms with Gasteiger partial charge in [-0.25, -0.2) is 0 Å². The van der Waals surface area contributed by atoms with Gasteiger partial charge in [0.1, 0.15) is 0 Å². The summed E-state index contributed by atoms with van der Waals surface area (Å²) in [5.74, 6) is 0. The van der Waals surface area contributed by atoms with Crippen LogP contribution in [0, 0.1) is 6.92 Å². The normalized spacial score (nSPS) is 12.7. The lowest BCUT2D eigenvalue weighted by atomic mass is 9.98. The quantitative estimate of drug-likeness (QED) is 0.779. The number of nitrogens with zero attached hydrogens (tertiary/aromatic N) is 1. The summed E-state index contributed by atoms with van der Waals surface area (Å²) in [5.41, 5.74) is 3.62. The van der Waals surface area contributed by atoms with Crippen LogP contribution in [0.5, 0.6) is 0 Å². The third kappa shape index (κ3) is 2.27. The molecule has 0 aliphatic carbocycles. The maximum absolute atomic E-state index is 4.55. The maximum atomic E-state index is 4.55. The highest BCUT2D eigenvalue weighted by molar-refractivity contribution is 7.10. The number of fused-ring (bicyclic) bond motifs is 1. The SMILES string of the molecule is CNC(c1csc(C)c1)c1cccc2cccnc12. The van der Waals surface area contributed by atoms with Crippen LogP contribution in [-0.4, -0.2) is 12.0 Å². The number of aryl methyl sites for hydroxylation is 1. The van der Waals surface area contributed by atoms with Crippen molar-refractivity contribution in [2.45, 2.75) is 13.0 Å². The smallest absolute Gasteiger partial charge is 0.0753 e. The Bertz CT molecular complexity index is 697. The molecule has 0 amide bonds. The molecule has 1 N–H and O–H groups in total. The van der Waals surface area contributed by atoms with Gasteiger partial charge in [-0.3, -0.25) is 4.98 Å². The van der Waals surface area contributed by atoms with E-state index in [2.05, 4.69) is 52.9 Å². The second-order valence-electron chi connectivity index (χ2n) is 4.63. The molecule has 0 aliphatic heterocycles. The molecule has 0 bridgehead atoms. The largest absolute Gasteiger partial charge is 0.309 e. The van der Waals surface area contributed by atoms with E-state index in [0.29, 0.717) is 0 Å². The predicted molar refractivity (Wildman–Crippen MR) is 81.7 cm³/mol. The summed E-state index contributed by atoms with van der Waals surface area (Å²) < 4.78 is 0. The first kappa shape index (κ1) is 12.3. The lowest BCUT2D eigenvalue weighted by molar-refractivity contribution is 0.698. The van der Waals surface area contributed by atoms with Crippen molar-refractivity contribution in [3.63, 3.8) is 0 Å². The van der Waals surface area contributed by atoms with Crippen LogP contribution in [0.1, 0.15) is 22.0 Å². The number of pyridine rings is 1. The van der Waals surface area contributed by atoms with Crippen LogP contribution in [-0.2, 0) is 0 Å². The molecule has 0 radical (unpaired) electrons. The Morgan fingerprint density at radius 1 is 1.21 bits per heavy atom. The summed E-state index contributed by atoms with van der Waals surface area (Å²) in [6, 6.07) is 12.9. The molecule has 3 rings (SSSR count). The van der Waals surface area contributed by atoms with Gasteiger partial charge in [0.25, 0.3) is 0 Å². The van der Waals surface area contributed by atoms with Crippen LogP contribution >= 0.6 is 11.3 Å². The van der Waals surface area contributed by atoms with Gasteiger partial charge in [-0.15, -0.1) is 11.3 Å². The topological polar surface area (TPSA) is 24.9 Å². The molecule has 1 atom stereocenters. The maximum Gasteiger partial charge on any atom is 0.0753 e. The van der Waals surface area contributed by atoms with E-state index in [9.17, 15) is 0 Å². The molecular formula is C16H16N2S. The first-order chi connectivity index (χ1) is 9.29. The fourth-order valence-corrected chi connectivity index (χ4v) is 3.21. The van der Waals surface area contributed by atoms with E-state index in [-0.39, 0.29) is 6.04 Å². The number of aromatic nitrogens is 1. The van der Waals surface area contributed by atoms with Gasteiger partial charge in [0.15, 0.2) is 0 Å². The average Bonchev–Trinajstić information content (AvgIpc) is 2.86. The van der Waals surface area contributed by atoms with Crippen molar-refractivity contribution in [2.75, 3.05) is 7.05 Å². The van der Waals surface area contributed by atoms with Crippen LogP contribution in [0.3, 0.4) is 0 Å². The molecule has 0 fully saturated rings. The van der Waals surface area contributed by atoms with Gasteiger partial charge >= 0.3 is 0 Å². The molecule has 0 aliphatic rings. The highest BCUT2D eigenvalue weighted by atomic mass is 32.1. The van der Waals surface area contributed by atoms with E-state index in [1.165, 1.54) is 21.4 Å². The average molecular weight is 268 g/mol. The van der Waals surface area contributed by atoms with Gasteiger partial charge in [-0.1, -0.05) is 24.3 Å². The lowest BCUT2D eigenvalue weighted by Crippen LogP contribution is -2.17. The molecule has 3 aromatic rings. The minimum absolute atomic E-state index is 0.198. The standard InChI is InChI=1S/C16H16N2S/c1-11-9-13(10-19-11)15(17-2)14-7-3-5-12-6-4-8-18-16(12)14/h3-10,15,17H,1-2H3. The fourth-order valence-electron chi connectivity index (χ4n) is 2.48. The Balaban J connectivity index is 2.16. The number of hydrogen-bond acceptors (Lipinski definition) is 3. The van der Waals surface area contributed by atoms with Crippen molar-refractivity contribution in [2.24, 2.45) is 0 Å². The van der Waals surface area contributed by atoms with Gasteiger partial charge < -0.3 is 5.32 Å². The molecule has 19 heavy (non-hydrogen) atoms. The second kappa shape index (κ2) is 5.11. The van der Waals surface area contributed by atoms with Gasteiger partial charge in [-0.05, 0) is 42.6 Å². The summed E-state index contributed by atoms with van der Waals surface area (Å²) in [6.07, 6.45) is 1.86. The zero-order valence-electron chi connectivity index (χ0n) is 11.1. The molecule has 96 valence electrons. The molecule has 2 aromatic heterocycles. The lowest BCUT2D eigenvalue weighted by Gasteiger charge is -2.17. The van der Waals surface area contributed by atoms with Crippen molar-refractivity contribution in [3.05, 3.63) is 64.0 Å². The summed E-state index contributed by atoms with van der Waals surface area (Å²) in [7, 11) is 2.00. The first-order valence-corrected chi connectivity index (χ1v) is 7.23. The monoisotopic (exact) mass is 268 g/mol. The Morgan fingerprint density at radius 2 is 2.05 bits per heavy atom. The van der Waals surface area contributed by atoms with Gasteiger partial charge in [-0.2, -0.15) is 0 Å². The molecule has 0 spiro atoms. The third-order valence-corrected chi connectivity index (χ3v) is 4.23. The molecule has 2 heterocycles. The van der Waals surface area contributed by atoms with Gasteiger partial charge in [0, 0.05) is 16.5 Å². The molecule has 3 heteroatoms. The molecule has 1 unspecified atom stereocenters. The van der Waals surface area contributed by atoms with Gasteiger partial charge in [0.2, 0.25) is 0 Å². The minimum Gasteiger partial charge on any atom is -0.309 e. The highest BCUT2D eigenvalue weighted by Crippen LogP contribution is 2.29. The second-order valence-corrected chi connectivity index (χ2v) is 5.75. The van der Waals surface area contributed by atoms with Crippen molar-refractivity contribution < 1.29 is 0 Å². The number of nitrogens with one attached hydrogen (secondary N) is 1. The molecule has 1 aromatic carbocycles. The van der Waals surface area contributed by atoms with E-state index in [4.69, 9.17) is 0 Å². The van der Waals surface area contributed by atoms with Crippen LogP contribution in [0.25, 0.3) is 10.9 Å². The van der Waals surface area contributed by atoms with Crippen LogP contribution in [0.4, 0.5) is 0 Å². The Labute approximate surface area is 117 Å². The molecule has 0 saturated carbocycles. The van der Waals surface area contributed by atoms with Crippen LogP contribution < -0.4 is 5.32 Å². The van der Waals surface area contributed by atoms with Crippen molar-refractivity contribution in [1.29, 1.82) is 0 Å². The zero-order chi connectivity index (χ0) is 13.2. The number of thiophene rings is 1. The molecule has 2 nitrogen and oxygen atoms in total. The molecule has 0 saturated heterocycles. The number of benzene rings is 1. The highest BCUT2D eigenvalue weighted by Gasteiger charge is 2.16. The Kier molecular flexibility index (Phi) is 3.32. The Morgan fingerprint density at radius 3 is 2.79 bits per heavy atom. The van der Waals surface area contributed by atoms with E-state index >= 15 is 0 Å². The predicted octanol–water partition coefficient (Wildman–Crippen LogP) is 3.91. The summed E-state index contributed by atoms with van der Waals surface area (Å²) in [4.78, 5) is 5.88. The number of para-hydroxylation sites is 1. The van der Waals surface area contributed by atoms with Crippen molar-refractivity contribution in [1.82, 2.24) is 10.3 Å². The van der Waals surface area contributed by atoms with Crippen LogP contribution in [0.2, 0.25) is 0 Å². The third-order valence-electron chi connectivity index (χ3n) is 3.35. The van der Waals surface area contributed by atoms with E-state index in [0.717, 1.165) is 5.52 Å². The van der Waals surface area contributed by atoms with E-state index in [1.54, 1.807) is 11.3 Å². The summed E-state index contributed by atoms with van der Waals surface area (Å²) in [5, 5.41) is 6.81. The summed E-state index contributed by atoms with van der Waals surface area (Å²) in [6.45, 7) is 2.14. The fraction of sp³-hybridized carbons (Fsp3) is 0.188. The minimum atomic E-state index is 0.198. The molecular weight excluding hydrogens is 252 g/mol. The van der Waals surface area contributed by atoms with E-state index < -0.39 is 0 Å². The van der Waals surface area contributed by atoms with E-state index in [1.807, 2.05) is 19.3 Å². The number of hydrogen-bond donors (Lipinski definition) is 1. The van der Waals surface area contributed by atoms with Gasteiger partial charge in [0.05, 0.1) is 11.6 Å². The van der Waals surface area contributed by atoms with Crippen LogP contribution in [0.15, 0.2) is 48.0 Å². The summed E-state index contributed by atoms with van der Waals surface area (Å²) >= 11 is 1.79. The van der Waals surface area contributed by atoms with Crippen molar-refractivity contribution >= 4 is 22.2 Å². The number of rotatable bonds is 3.